The predicted octanol–water partition coefficient (Wildman–Crippen LogP) is 3.83. The van der Waals surface area contributed by atoms with Crippen molar-refractivity contribution in [3.63, 3.8) is 0 Å². The van der Waals surface area contributed by atoms with Crippen LogP contribution in [0.4, 0.5) is 4.39 Å². The summed E-state index contributed by atoms with van der Waals surface area (Å²) in [7, 11) is -2.36. The molecule has 1 N–H and O–H groups in total. The highest BCUT2D eigenvalue weighted by Gasteiger charge is 2.29. The molecule has 164 valence electrons. The van der Waals surface area contributed by atoms with Gasteiger partial charge in [-0.1, -0.05) is 11.6 Å². The van der Waals surface area contributed by atoms with Crippen LogP contribution in [-0.4, -0.2) is 32.1 Å². The second-order valence-corrected chi connectivity index (χ2v) is 9.73. The zero-order valence-electron chi connectivity index (χ0n) is 16.9. The summed E-state index contributed by atoms with van der Waals surface area (Å²) in [6, 6.07) is 10.2. The van der Waals surface area contributed by atoms with Crippen LogP contribution in [0.5, 0.6) is 0 Å². The lowest BCUT2D eigenvalue weighted by molar-refractivity contribution is -0.140. The first-order chi connectivity index (χ1) is 14.8. The molecule has 0 aliphatic heterocycles. The van der Waals surface area contributed by atoms with Gasteiger partial charge in [-0.2, -0.15) is 0 Å². The fourth-order valence-electron chi connectivity index (χ4n) is 4.18. The Morgan fingerprint density at radius 1 is 1.26 bits per heavy atom. The average molecular weight is 465 g/mol. The van der Waals surface area contributed by atoms with Crippen LogP contribution in [0, 0.1) is 5.82 Å². The number of halogens is 2. The zero-order valence-corrected chi connectivity index (χ0v) is 18.5. The van der Waals surface area contributed by atoms with E-state index in [-0.39, 0.29) is 29.1 Å². The summed E-state index contributed by atoms with van der Waals surface area (Å²) in [6.45, 7) is 0.422. The lowest BCUT2D eigenvalue weighted by Crippen LogP contribution is -2.39. The summed E-state index contributed by atoms with van der Waals surface area (Å²) in [6.07, 6.45) is 1.85. The van der Waals surface area contributed by atoms with E-state index in [1.165, 1.54) is 43.5 Å². The first kappa shape index (κ1) is 21.8. The van der Waals surface area contributed by atoms with E-state index in [1.54, 1.807) is 6.07 Å². The number of hydrogen-bond acceptors (Lipinski definition) is 4. The minimum absolute atomic E-state index is 0.147. The van der Waals surface area contributed by atoms with E-state index in [0.717, 1.165) is 22.2 Å². The summed E-state index contributed by atoms with van der Waals surface area (Å²) in [5.41, 5.74) is 2.75. The van der Waals surface area contributed by atoms with Crippen molar-refractivity contribution in [1.29, 1.82) is 0 Å². The van der Waals surface area contributed by atoms with Gasteiger partial charge >= 0.3 is 5.97 Å². The number of rotatable bonds is 6. The molecule has 0 bridgehead atoms. The Kier molecular flexibility index (Phi) is 6.05. The number of nitrogens with one attached hydrogen (secondary N) is 1. The van der Waals surface area contributed by atoms with Gasteiger partial charge in [0.2, 0.25) is 10.0 Å². The molecule has 1 unspecified atom stereocenters. The van der Waals surface area contributed by atoms with Gasteiger partial charge in [0.1, 0.15) is 5.82 Å². The maximum atomic E-state index is 14.0. The summed E-state index contributed by atoms with van der Waals surface area (Å²) in [5, 5.41) is 1.21. The number of carbonyl (C=O) groups is 1. The van der Waals surface area contributed by atoms with Gasteiger partial charge in [0.05, 0.1) is 18.4 Å². The van der Waals surface area contributed by atoms with Crippen LogP contribution < -0.4 is 4.72 Å². The van der Waals surface area contributed by atoms with E-state index in [2.05, 4.69) is 4.72 Å². The molecule has 1 aliphatic carbocycles. The topological polar surface area (TPSA) is 77.4 Å². The molecule has 1 atom stereocenters. The Labute approximate surface area is 185 Å². The number of benzene rings is 2. The molecule has 31 heavy (non-hydrogen) atoms. The van der Waals surface area contributed by atoms with Crippen LogP contribution in [0.25, 0.3) is 10.9 Å². The standard InChI is InChI=1S/C22H22ClFN2O4S/c1-30-22(27)10-11-26-20-8-4-15(24)12-18(20)19-13-16(5-9-21(19)26)25-31(28,29)17-6-2-14(23)3-7-17/h2-4,6-8,12,16,25H,5,9-11,13H2,1H3. The molecule has 2 aromatic carbocycles. The third kappa shape index (κ3) is 4.46. The van der Waals surface area contributed by atoms with Crippen molar-refractivity contribution in [2.24, 2.45) is 0 Å². The number of sulfonamides is 1. The quantitative estimate of drug-likeness (QED) is 0.562. The van der Waals surface area contributed by atoms with Gasteiger partial charge in [-0.15, -0.1) is 0 Å². The van der Waals surface area contributed by atoms with E-state index in [1.807, 2.05) is 4.57 Å². The fraction of sp³-hybridized carbons (Fsp3) is 0.318. The van der Waals surface area contributed by atoms with E-state index < -0.39 is 10.0 Å². The molecule has 0 saturated heterocycles. The van der Waals surface area contributed by atoms with Gasteiger partial charge in [0.25, 0.3) is 0 Å². The van der Waals surface area contributed by atoms with E-state index in [9.17, 15) is 17.6 Å². The lowest BCUT2D eigenvalue weighted by Gasteiger charge is -2.25. The van der Waals surface area contributed by atoms with Crippen molar-refractivity contribution in [2.45, 2.75) is 43.2 Å². The molecule has 4 rings (SSSR count). The molecular weight excluding hydrogens is 443 g/mol. The summed E-state index contributed by atoms with van der Waals surface area (Å²) >= 11 is 5.86. The van der Waals surface area contributed by atoms with Crippen molar-refractivity contribution in [3.05, 3.63) is 64.6 Å². The van der Waals surface area contributed by atoms with Gasteiger partial charge in [-0.25, -0.2) is 17.5 Å². The lowest BCUT2D eigenvalue weighted by atomic mass is 9.92. The van der Waals surface area contributed by atoms with Crippen molar-refractivity contribution in [3.8, 4) is 0 Å². The maximum Gasteiger partial charge on any atom is 0.307 e. The molecule has 0 saturated carbocycles. The Morgan fingerprint density at radius 2 is 2.00 bits per heavy atom. The van der Waals surface area contributed by atoms with Crippen LogP contribution >= 0.6 is 11.6 Å². The van der Waals surface area contributed by atoms with Crippen molar-refractivity contribution >= 4 is 38.5 Å². The molecule has 0 radical (unpaired) electrons. The van der Waals surface area contributed by atoms with Crippen molar-refractivity contribution in [1.82, 2.24) is 9.29 Å². The number of hydrogen-bond donors (Lipinski definition) is 1. The molecule has 0 amide bonds. The number of fused-ring (bicyclic) bond motifs is 3. The molecule has 9 heteroatoms. The highest BCUT2D eigenvalue weighted by atomic mass is 35.5. The second-order valence-electron chi connectivity index (χ2n) is 7.58. The highest BCUT2D eigenvalue weighted by molar-refractivity contribution is 7.89. The van der Waals surface area contributed by atoms with Gasteiger partial charge < -0.3 is 9.30 Å². The van der Waals surface area contributed by atoms with Crippen LogP contribution in [0.3, 0.4) is 0 Å². The molecule has 1 heterocycles. The number of esters is 1. The van der Waals surface area contributed by atoms with E-state index in [4.69, 9.17) is 16.3 Å². The Morgan fingerprint density at radius 3 is 2.71 bits per heavy atom. The van der Waals surface area contributed by atoms with E-state index in [0.29, 0.717) is 30.8 Å². The molecule has 6 nitrogen and oxygen atoms in total. The Hall–Kier alpha value is -2.42. The summed E-state index contributed by atoms with van der Waals surface area (Å²) in [4.78, 5) is 11.8. The summed E-state index contributed by atoms with van der Waals surface area (Å²) in [5.74, 6) is -0.675. The SMILES string of the molecule is COC(=O)CCn1c2c(c3cc(F)ccc31)CC(NS(=O)(=O)c1ccc(Cl)cc1)CC2. The molecule has 0 fully saturated rings. The average Bonchev–Trinajstić information content (AvgIpc) is 3.04. The number of aromatic nitrogens is 1. The van der Waals surface area contributed by atoms with E-state index >= 15 is 0 Å². The van der Waals surface area contributed by atoms with Gasteiger partial charge in [-0.05, 0) is 67.3 Å². The molecule has 3 aromatic rings. The number of ether oxygens (including phenoxy) is 1. The van der Waals surface area contributed by atoms with Gasteiger partial charge in [-0.3, -0.25) is 4.79 Å². The van der Waals surface area contributed by atoms with Crippen LogP contribution in [-0.2, 0) is 38.9 Å². The predicted molar refractivity (Wildman–Crippen MR) is 116 cm³/mol. The Balaban J connectivity index is 1.64. The smallest absolute Gasteiger partial charge is 0.307 e. The zero-order chi connectivity index (χ0) is 22.2. The molecular formula is C22H22ClFN2O4S. The number of nitrogens with zero attached hydrogens (tertiary/aromatic N) is 1. The van der Waals surface area contributed by atoms with Crippen LogP contribution in [0.2, 0.25) is 5.02 Å². The first-order valence-corrected chi connectivity index (χ1v) is 11.8. The fourth-order valence-corrected chi connectivity index (χ4v) is 5.58. The third-order valence-corrected chi connectivity index (χ3v) is 7.43. The molecule has 1 aromatic heterocycles. The van der Waals surface area contributed by atoms with Crippen LogP contribution in [0.15, 0.2) is 47.4 Å². The summed E-state index contributed by atoms with van der Waals surface area (Å²) < 4.78 is 49.1. The van der Waals surface area contributed by atoms with Crippen molar-refractivity contribution < 1.29 is 22.3 Å². The maximum absolute atomic E-state index is 14.0. The second kappa shape index (κ2) is 8.61. The minimum atomic E-state index is -3.71. The van der Waals surface area contributed by atoms with Gasteiger partial charge in [0, 0.05) is 34.2 Å². The molecule has 1 aliphatic rings. The third-order valence-electron chi connectivity index (χ3n) is 5.64. The largest absolute Gasteiger partial charge is 0.469 e. The van der Waals surface area contributed by atoms with Gasteiger partial charge in [0.15, 0.2) is 0 Å². The highest BCUT2D eigenvalue weighted by Crippen LogP contribution is 2.33. The number of methoxy groups -OCH3 is 1. The number of aryl methyl sites for hydroxylation is 1. The molecule has 0 spiro atoms. The first-order valence-electron chi connectivity index (χ1n) is 9.92. The van der Waals surface area contributed by atoms with Crippen LogP contribution in [0.1, 0.15) is 24.1 Å². The number of carbonyl (C=O) groups excluding carboxylic acids is 1. The minimum Gasteiger partial charge on any atom is -0.469 e. The monoisotopic (exact) mass is 464 g/mol. The normalized spacial score (nSPS) is 16.3. The van der Waals surface area contributed by atoms with Crippen molar-refractivity contribution in [2.75, 3.05) is 7.11 Å². The Bertz CT molecular complexity index is 1240.